The molecule has 1 saturated heterocycles. The van der Waals surface area contributed by atoms with Crippen LogP contribution < -0.4 is 5.32 Å². The third-order valence-corrected chi connectivity index (χ3v) is 3.63. The van der Waals surface area contributed by atoms with E-state index in [4.69, 9.17) is 4.74 Å². The number of benzene rings is 1. The first kappa shape index (κ1) is 12.6. The number of ether oxygens (including phenoxy) is 1. The lowest BCUT2D eigenvalue weighted by atomic mass is 9.89. The molecule has 0 amide bonds. The Morgan fingerprint density at radius 3 is 2.76 bits per heavy atom. The van der Waals surface area contributed by atoms with Crippen LogP contribution in [0.25, 0.3) is 0 Å². The number of halogens is 1. The Hall–Kier alpha value is -0.870. The lowest BCUT2D eigenvalue weighted by Gasteiger charge is -2.17. The molecule has 0 spiro atoms. The largest absolute Gasteiger partial charge is 0.466 e. The van der Waals surface area contributed by atoms with E-state index in [1.165, 1.54) is 5.56 Å². The Morgan fingerprint density at radius 1 is 1.41 bits per heavy atom. The SMILES string of the molecule is CCOC(=O)[C@H]1CNC[C@@H]1c1ccc(Br)cc1. The van der Waals surface area contributed by atoms with Gasteiger partial charge >= 0.3 is 5.97 Å². The van der Waals surface area contributed by atoms with Gasteiger partial charge < -0.3 is 10.1 Å². The van der Waals surface area contributed by atoms with Gasteiger partial charge in [0.05, 0.1) is 12.5 Å². The van der Waals surface area contributed by atoms with E-state index in [-0.39, 0.29) is 17.8 Å². The van der Waals surface area contributed by atoms with Gasteiger partial charge in [0.2, 0.25) is 0 Å². The fourth-order valence-electron chi connectivity index (χ4n) is 2.24. The van der Waals surface area contributed by atoms with Gasteiger partial charge in [-0.25, -0.2) is 0 Å². The summed E-state index contributed by atoms with van der Waals surface area (Å²) in [5.41, 5.74) is 1.19. The average Bonchev–Trinajstić information content (AvgIpc) is 2.79. The minimum Gasteiger partial charge on any atom is -0.466 e. The number of carbonyl (C=O) groups is 1. The average molecular weight is 298 g/mol. The van der Waals surface area contributed by atoms with Crippen molar-refractivity contribution in [3.8, 4) is 0 Å². The van der Waals surface area contributed by atoms with Gasteiger partial charge in [-0.05, 0) is 24.6 Å². The van der Waals surface area contributed by atoms with E-state index in [2.05, 4.69) is 33.4 Å². The van der Waals surface area contributed by atoms with E-state index >= 15 is 0 Å². The van der Waals surface area contributed by atoms with Crippen LogP contribution in [0.15, 0.2) is 28.7 Å². The quantitative estimate of drug-likeness (QED) is 0.870. The monoisotopic (exact) mass is 297 g/mol. The molecule has 0 aromatic heterocycles. The summed E-state index contributed by atoms with van der Waals surface area (Å²) in [5.74, 6) is 0.0729. The second kappa shape index (κ2) is 5.65. The summed E-state index contributed by atoms with van der Waals surface area (Å²) in [6, 6.07) is 8.15. The number of rotatable bonds is 3. The smallest absolute Gasteiger partial charge is 0.310 e. The Balaban J connectivity index is 2.14. The van der Waals surface area contributed by atoms with Crippen molar-refractivity contribution < 1.29 is 9.53 Å². The number of esters is 1. The second-order valence-corrected chi connectivity index (χ2v) is 5.09. The zero-order valence-electron chi connectivity index (χ0n) is 9.78. The molecule has 0 radical (unpaired) electrons. The standard InChI is InChI=1S/C13H16BrNO2/c1-2-17-13(16)12-8-15-7-11(12)9-3-5-10(14)6-4-9/h3-6,11-12,15H,2,7-8H2,1H3/t11-,12+/m1/s1. The highest BCUT2D eigenvalue weighted by Gasteiger charge is 2.34. The lowest BCUT2D eigenvalue weighted by Crippen LogP contribution is -2.24. The van der Waals surface area contributed by atoms with Crippen molar-refractivity contribution in [1.29, 1.82) is 0 Å². The van der Waals surface area contributed by atoms with Gasteiger partial charge in [0.15, 0.2) is 0 Å². The molecule has 4 heteroatoms. The molecular weight excluding hydrogens is 282 g/mol. The number of nitrogens with one attached hydrogen (secondary N) is 1. The third-order valence-electron chi connectivity index (χ3n) is 3.10. The highest BCUT2D eigenvalue weighted by atomic mass is 79.9. The van der Waals surface area contributed by atoms with Gasteiger partial charge in [0.25, 0.3) is 0 Å². The molecule has 1 aliphatic heterocycles. The van der Waals surface area contributed by atoms with E-state index in [0.29, 0.717) is 13.2 Å². The fourth-order valence-corrected chi connectivity index (χ4v) is 2.50. The van der Waals surface area contributed by atoms with Crippen LogP contribution in [0.5, 0.6) is 0 Å². The minimum atomic E-state index is -0.0922. The van der Waals surface area contributed by atoms with E-state index < -0.39 is 0 Å². The summed E-state index contributed by atoms with van der Waals surface area (Å²) < 4.78 is 6.17. The van der Waals surface area contributed by atoms with Crippen LogP contribution in [0.2, 0.25) is 0 Å². The van der Waals surface area contributed by atoms with Gasteiger partial charge in [-0.15, -0.1) is 0 Å². The number of carbonyl (C=O) groups excluding carboxylic acids is 1. The predicted octanol–water partition coefficient (Wildman–Crippen LogP) is 2.32. The summed E-state index contributed by atoms with van der Waals surface area (Å²) in [6.45, 7) is 3.84. The molecule has 2 rings (SSSR count). The first-order valence-electron chi connectivity index (χ1n) is 5.85. The van der Waals surface area contributed by atoms with E-state index in [1.54, 1.807) is 0 Å². The molecule has 0 aliphatic carbocycles. The molecule has 3 nitrogen and oxygen atoms in total. The fraction of sp³-hybridized carbons (Fsp3) is 0.462. The molecule has 17 heavy (non-hydrogen) atoms. The van der Waals surface area contributed by atoms with Gasteiger partial charge in [0.1, 0.15) is 0 Å². The van der Waals surface area contributed by atoms with Crippen LogP contribution in [0.1, 0.15) is 18.4 Å². The number of hydrogen-bond acceptors (Lipinski definition) is 3. The van der Waals surface area contributed by atoms with Crippen molar-refractivity contribution in [2.24, 2.45) is 5.92 Å². The van der Waals surface area contributed by atoms with Crippen LogP contribution in [0, 0.1) is 5.92 Å². The van der Waals surface area contributed by atoms with Crippen molar-refractivity contribution in [2.75, 3.05) is 19.7 Å². The third kappa shape index (κ3) is 2.87. The summed E-state index contributed by atoms with van der Waals surface area (Å²) in [4.78, 5) is 11.8. The van der Waals surface area contributed by atoms with Crippen LogP contribution >= 0.6 is 15.9 Å². The molecule has 1 fully saturated rings. The molecule has 0 saturated carbocycles. The minimum absolute atomic E-state index is 0.0591. The molecular formula is C13H16BrNO2. The first-order chi connectivity index (χ1) is 8.22. The maximum Gasteiger partial charge on any atom is 0.310 e. The maximum absolute atomic E-state index is 11.8. The molecule has 1 aromatic carbocycles. The van der Waals surface area contributed by atoms with E-state index in [0.717, 1.165) is 11.0 Å². The van der Waals surface area contributed by atoms with Crippen molar-refractivity contribution >= 4 is 21.9 Å². The van der Waals surface area contributed by atoms with Crippen LogP contribution in [0.4, 0.5) is 0 Å². The summed E-state index contributed by atoms with van der Waals surface area (Å²) in [7, 11) is 0. The zero-order chi connectivity index (χ0) is 12.3. The zero-order valence-corrected chi connectivity index (χ0v) is 11.4. The van der Waals surface area contributed by atoms with Gasteiger partial charge in [-0.2, -0.15) is 0 Å². The topological polar surface area (TPSA) is 38.3 Å². The first-order valence-corrected chi connectivity index (χ1v) is 6.64. The van der Waals surface area contributed by atoms with Crippen LogP contribution in [0.3, 0.4) is 0 Å². The van der Waals surface area contributed by atoms with Crippen LogP contribution in [-0.2, 0) is 9.53 Å². The lowest BCUT2D eigenvalue weighted by molar-refractivity contribution is -0.147. The predicted molar refractivity (Wildman–Crippen MR) is 69.9 cm³/mol. The summed E-state index contributed by atoms with van der Waals surface area (Å²) in [6.07, 6.45) is 0. The molecule has 1 aromatic rings. The van der Waals surface area contributed by atoms with E-state index in [1.807, 2.05) is 19.1 Å². The molecule has 1 heterocycles. The molecule has 2 atom stereocenters. The number of hydrogen-bond donors (Lipinski definition) is 1. The Bertz CT molecular complexity index is 391. The second-order valence-electron chi connectivity index (χ2n) is 4.17. The normalized spacial score (nSPS) is 23.6. The maximum atomic E-state index is 11.8. The molecule has 92 valence electrons. The van der Waals surface area contributed by atoms with Crippen molar-refractivity contribution in [2.45, 2.75) is 12.8 Å². The Labute approximate surface area is 110 Å². The van der Waals surface area contributed by atoms with E-state index in [9.17, 15) is 4.79 Å². The van der Waals surface area contributed by atoms with Crippen molar-refractivity contribution in [1.82, 2.24) is 5.32 Å². The highest BCUT2D eigenvalue weighted by molar-refractivity contribution is 9.10. The summed E-state index contributed by atoms with van der Waals surface area (Å²) >= 11 is 3.42. The molecule has 1 aliphatic rings. The van der Waals surface area contributed by atoms with Crippen molar-refractivity contribution in [3.63, 3.8) is 0 Å². The van der Waals surface area contributed by atoms with Gasteiger partial charge in [-0.3, -0.25) is 4.79 Å². The van der Waals surface area contributed by atoms with Crippen molar-refractivity contribution in [3.05, 3.63) is 34.3 Å². The molecule has 1 N–H and O–H groups in total. The van der Waals surface area contributed by atoms with Crippen LogP contribution in [-0.4, -0.2) is 25.7 Å². The molecule has 0 unspecified atom stereocenters. The Kier molecular flexibility index (Phi) is 4.18. The Morgan fingerprint density at radius 2 is 2.12 bits per heavy atom. The van der Waals surface area contributed by atoms with Gasteiger partial charge in [-0.1, -0.05) is 28.1 Å². The summed E-state index contributed by atoms with van der Waals surface area (Å²) in [5, 5.41) is 3.26. The van der Waals surface area contributed by atoms with Gasteiger partial charge in [0, 0.05) is 23.5 Å². The highest BCUT2D eigenvalue weighted by Crippen LogP contribution is 2.29. The molecule has 0 bridgehead atoms.